The zero-order chi connectivity index (χ0) is 12.4. The molecule has 0 amide bonds. The van der Waals surface area contributed by atoms with Gasteiger partial charge in [-0.2, -0.15) is 0 Å². The number of rotatable bonds is 3. The summed E-state index contributed by atoms with van der Waals surface area (Å²) in [5.41, 5.74) is 6.86. The van der Waals surface area contributed by atoms with E-state index in [4.69, 9.17) is 5.73 Å². The first kappa shape index (κ1) is 12.7. The molecule has 2 N–H and O–H groups in total. The topological polar surface area (TPSA) is 26.0 Å². The third-order valence-corrected chi connectivity index (χ3v) is 4.57. The SMILES string of the molecule is CCC(N)c1ccc(-c2cc(F)ccc2Br)s1. The molecule has 0 aliphatic rings. The number of benzene rings is 1. The van der Waals surface area contributed by atoms with E-state index in [1.54, 1.807) is 17.4 Å². The third kappa shape index (κ3) is 2.76. The average Bonchev–Trinajstić information content (AvgIpc) is 2.80. The maximum Gasteiger partial charge on any atom is 0.123 e. The minimum Gasteiger partial charge on any atom is -0.323 e. The Kier molecular flexibility index (Phi) is 3.97. The number of hydrogen-bond donors (Lipinski definition) is 1. The fraction of sp³-hybridized carbons (Fsp3) is 0.231. The summed E-state index contributed by atoms with van der Waals surface area (Å²) in [6.07, 6.45) is 0.907. The predicted molar refractivity (Wildman–Crippen MR) is 74.6 cm³/mol. The lowest BCUT2D eigenvalue weighted by atomic mass is 10.1. The van der Waals surface area contributed by atoms with Crippen LogP contribution in [-0.2, 0) is 0 Å². The summed E-state index contributed by atoms with van der Waals surface area (Å²) in [4.78, 5) is 2.17. The zero-order valence-corrected chi connectivity index (χ0v) is 11.8. The van der Waals surface area contributed by atoms with Crippen LogP contribution in [0.25, 0.3) is 10.4 Å². The molecule has 0 saturated heterocycles. The van der Waals surface area contributed by atoms with Gasteiger partial charge >= 0.3 is 0 Å². The lowest BCUT2D eigenvalue weighted by Crippen LogP contribution is -2.05. The molecular formula is C13H13BrFNS. The zero-order valence-electron chi connectivity index (χ0n) is 9.41. The van der Waals surface area contributed by atoms with Gasteiger partial charge in [-0.05, 0) is 36.8 Å². The molecule has 0 aliphatic carbocycles. The first-order valence-electron chi connectivity index (χ1n) is 5.42. The van der Waals surface area contributed by atoms with E-state index in [0.717, 1.165) is 26.2 Å². The summed E-state index contributed by atoms with van der Waals surface area (Å²) >= 11 is 5.06. The molecule has 0 bridgehead atoms. The Hall–Kier alpha value is -0.710. The molecule has 1 nitrogen and oxygen atoms in total. The second-order valence-corrected chi connectivity index (χ2v) is 5.81. The van der Waals surface area contributed by atoms with E-state index in [1.807, 2.05) is 12.1 Å². The van der Waals surface area contributed by atoms with Crippen LogP contribution >= 0.6 is 27.3 Å². The Bertz CT molecular complexity index is 524. The highest BCUT2D eigenvalue weighted by atomic mass is 79.9. The Balaban J connectivity index is 2.40. The molecule has 0 aliphatic heterocycles. The van der Waals surface area contributed by atoms with Gasteiger partial charge in [0.2, 0.25) is 0 Å². The predicted octanol–water partition coefficient (Wildman–Crippen LogP) is 4.73. The quantitative estimate of drug-likeness (QED) is 0.871. The van der Waals surface area contributed by atoms with Gasteiger partial charge in [-0.15, -0.1) is 11.3 Å². The summed E-state index contributed by atoms with van der Waals surface area (Å²) in [5.74, 6) is -0.224. The van der Waals surface area contributed by atoms with Crippen molar-refractivity contribution in [3.05, 3.63) is 45.5 Å². The normalized spacial score (nSPS) is 12.7. The van der Waals surface area contributed by atoms with Crippen molar-refractivity contribution in [2.75, 3.05) is 0 Å². The minimum atomic E-state index is -0.224. The number of halogens is 2. The molecule has 17 heavy (non-hydrogen) atoms. The van der Waals surface area contributed by atoms with Crippen LogP contribution in [0.5, 0.6) is 0 Å². The van der Waals surface area contributed by atoms with Crippen LogP contribution in [0.4, 0.5) is 4.39 Å². The summed E-state index contributed by atoms with van der Waals surface area (Å²) in [5, 5.41) is 0. The van der Waals surface area contributed by atoms with Crippen molar-refractivity contribution in [2.45, 2.75) is 19.4 Å². The standard InChI is InChI=1S/C13H13BrFNS/c1-2-11(16)13-6-5-12(17-13)9-7-8(15)3-4-10(9)14/h3-7,11H,2,16H2,1H3. The van der Waals surface area contributed by atoms with Gasteiger partial charge in [-0.25, -0.2) is 4.39 Å². The summed E-state index contributed by atoms with van der Waals surface area (Å²) < 4.78 is 14.1. The van der Waals surface area contributed by atoms with Crippen molar-refractivity contribution in [3.8, 4) is 10.4 Å². The van der Waals surface area contributed by atoms with E-state index < -0.39 is 0 Å². The molecule has 0 radical (unpaired) electrons. The van der Waals surface area contributed by atoms with Crippen molar-refractivity contribution in [3.63, 3.8) is 0 Å². The van der Waals surface area contributed by atoms with E-state index in [2.05, 4.69) is 22.9 Å². The average molecular weight is 314 g/mol. The van der Waals surface area contributed by atoms with Crippen LogP contribution in [0, 0.1) is 5.82 Å². The highest BCUT2D eigenvalue weighted by Gasteiger charge is 2.11. The first-order valence-corrected chi connectivity index (χ1v) is 7.03. The largest absolute Gasteiger partial charge is 0.323 e. The molecule has 0 saturated carbocycles. The summed E-state index contributed by atoms with van der Waals surface area (Å²) in [6, 6.07) is 8.79. The van der Waals surface area contributed by atoms with E-state index in [-0.39, 0.29) is 11.9 Å². The first-order chi connectivity index (χ1) is 8.11. The molecular weight excluding hydrogens is 301 g/mol. The Morgan fingerprint density at radius 1 is 1.35 bits per heavy atom. The smallest absolute Gasteiger partial charge is 0.123 e. The van der Waals surface area contributed by atoms with Gasteiger partial charge in [-0.3, -0.25) is 0 Å². The molecule has 1 unspecified atom stereocenters. The summed E-state index contributed by atoms with van der Waals surface area (Å²) in [7, 11) is 0. The fourth-order valence-electron chi connectivity index (χ4n) is 1.58. The molecule has 1 aromatic heterocycles. The highest BCUT2D eigenvalue weighted by Crippen LogP contribution is 2.36. The molecule has 0 spiro atoms. The Morgan fingerprint density at radius 2 is 2.12 bits per heavy atom. The number of thiophene rings is 1. The lowest BCUT2D eigenvalue weighted by molar-refractivity contribution is 0.628. The minimum absolute atomic E-state index is 0.0704. The monoisotopic (exact) mass is 313 g/mol. The highest BCUT2D eigenvalue weighted by molar-refractivity contribution is 9.10. The molecule has 0 fully saturated rings. The van der Waals surface area contributed by atoms with Gasteiger partial charge in [0.05, 0.1) is 0 Å². The Morgan fingerprint density at radius 3 is 2.82 bits per heavy atom. The van der Waals surface area contributed by atoms with E-state index in [9.17, 15) is 4.39 Å². The van der Waals surface area contributed by atoms with Crippen LogP contribution in [0.15, 0.2) is 34.8 Å². The molecule has 1 aromatic carbocycles. The van der Waals surface area contributed by atoms with Crippen molar-refractivity contribution in [1.29, 1.82) is 0 Å². The second-order valence-electron chi connectivity index (χ2n) is 3.84. The maximum atomic E-state index is 13.2. The molecule has 1 atom stereocenters. The third-order valence-electron chi connectivity index (χ3n) is 2.63. The second kappa shape index (κ2) is 5.29. The van der Waals surface area contributed by atoms with Crippen LogP contribution in [0.1, 0.15) is 24.3 Å². The molecule has 2 aromatic rings. The van der Waals surface area contributed by atoms with Gasteiger partial charge in [0.25, 0.3) is 0 Å². The van der Waals surface area contributed by atoms with Crippen molar-refractivity contribution in [1.82, 2.24) is 0 Å². The summed E-state index contributed by atoms with van der Waals surface area (Å²) in [6.45, 7) is 2.06. The molecule has 2 rings (SSSR count). The van der Waals surface area contributed by atoms with Crippen molar-refractivity contribution in [2.24, 2.45) is 5.73 Å². The van der Waals surface area contributed by atoms with Crippen LogP contribution in [0.2, 0.25) is 0 Å². The van der Waals surface area contributed by atoms with E-state index in [1.165, 1.54) is 12.1 Å². The number of nitrogens with two attached hydrogens (primary N) is 1. The van der Waals surface area contributed by atoms with Crippen LogP contribution in [0.3, 0.4) is 0 Å². The van der Waals surface area contributed by atoms with Gasteiger partial charge in [0.15, 0.2) is 0 Å². The lowest BCUT2D eigenvalue weighted by Gasteiger charge is -2.05. The van der Waals surface area contributed by atoms with Crippen LogP contribution in [-0.4, -0.2) is 0 Å². The van der Waals surface area contributed by atoms with Gasteiger partial charge < -0.3 is 5.73 Å². The molecule has 90 valence electrons. The molecule has 1 heterocycles. The van der Waals surface area contributed by atoms with Crippen LogP contribution < -0.4 is 5.73 Å². The molecule has 4 heteroatoms. The maximum absolute atomic E-state index is 13.2. The Labute approximate surface area is 113 Å². The fourth-order valence-corrected chi connectivity index (χ4v) is 3.30. The number of hydrogen-bond acceptors (Lipinski definition) is 2. The van der Waals surface area contributed by atoms with E-state index >= 15 is 0 Å². The van der Waals surface area contributed by atoms with Crippen molar-refractivity contribution < 1.29 is 4.39 Å². The van der Waals surface area contributed by atoms with Gasteiger partial charge in [0, 0.05) is 25.8 Å². The van der Waals surface area contributed by atoms with Gasteiger partial charge in [-0.1, -0.05) is 22.9 Å². The van der Waals surface area contributed by atoms with Crippen molar-refractivity contribution >= 4 is 27.3 Å². The van der Waals surface area contributed by atoms with E-state index in [0.29, 0.717) is 0 Å². The van der Waals surface area contributed by atoms with Gasteiger partial charge in [0.1, 0.15) is 5.82 Å².